The van der Waals surface area contributed by atoms with Crippen LogP contribution in [-0.4, -0.2) is 30.4 Å². The molecule has 1 aromatic carbocycles. The van der Waals surface area contributed by atoms with Crippen molar-refractivity contribution in [2.24, 2.45) is 5.73 Å². The maximum Gasteiger partial charge on any atom is 0.307 e. The largest absolute Gasteiger partial charge is 0.466 e. The van der Waals surface area contributed by atoms with Gasteiger partial charge < -0.3 is 10.5 Å². The average molecular weight is 360 g/mol. The van der Waals surface area contributed by atoms with Gasteiger partial charge in [0, 0.05) is 24.1 Å². The summed E-state index contributed by atoms with van der Waals surface area (Å²) in [4.78, 5) is 11.2. The first kappa shape index (κ1) is 20.3. The molecule has 0 amide bonds. The number of nitrogens with two attached hydrogens (primary N) is 1. The van der Waals surface area contributed by atoms with E-state index >= 15 is 0 Å². The van der Waals surface area contributed by atoms with Crippen LogP contribution in [0.15, 0.2) is 18.2 Å². The summed E-state index contributed by atoms with van der Waals surface area (Å²) in [7, 11) is 0. The van der Waals surface area contributed by atoms with Gasteiger partial charge in [0.1, 0.15) is 0 Å². The smallest absolute Gasteiger partial charge is 0.307 e. The molecule has 1 atom stereocenters. The number of benzene rings is 1. The number of esters is 1. The Bertz CT molecular complexity index is 446. The number of anilines is 1. The molecule has 1 rings (SSSR count). The summed E-state index contributed by atoms with van der Waals surface area (Å²) in [5.74, 6) is -0.338. The molecule has 122 valence electrons. The van der Waals surface area contributed by atoms with E-state index in [4.69, 9.17) is 33.7 Å². The Morgan fingerprint density at radius 3 is 2.52 bits per heavy atom. The monoisotopic (exact) mass is 358 g/mol. The normalized spacial score (nSPS) is 11.5. The minimum Gasteiger partial charge on any atom is -0.466 e. The van der Waals surface area contributed by atoms with Gasteiger partial charge in [-0.3, -0.25) is 15.1 Å². The summed E-state index contributed by atoms with van der Waals surface area (Å²) in [6.45, 7) is 2.33. The molecule has 5 nitrogen and oxygen atoms in total. The summed E-state index contributed by atoms with van der Waals surface area (Å²) in [6.07, 6.45) is 0.553. The van der Waals surface area contributed by atoms with Crippen LogP contribution in [0.4, 0.5) is 5.69 Å². The summed E-state index contributed by atoms with van der Waals surface area (Å²) in [5.41, 5.74) is 6.28. The molecule has 0 fully saturated rings. The highest BCUT2D eigenvalue weighted by Gasteiger charge is 2.13. The summed E-state index contributed by atoms with van der Waals surface area (Å²) in [6, 6.07) is 4.38. The highest BCUT2D eigenvalue weighted by atomic mass is 35.5. The van der Waals surface area contributed by atoms with Gasteiger partial charge in [0.15, 0.2) is 0 Å². The van der Waals surface area contributed by atoms with Gasteiger partial charge in [-0.1, -0.05) is 23.2 Å². The second-order valence-electron chi connectivity index (χ2n) is 4.31. The summed E-state index contributed by atoms with van der Waals surface area (Å²) >= 11 is 11.7. The zero-order valence-corrected chi connectivity index (χ0v) is 13.9. The maximum atomic E-state index is 11.2. The number of carbonyl (C=O) groups is 1. The molecule has 0 saturated heterocycles. The van der Waals surface area contributed by atoms with Crippen molar-refractivity contribution in [2.45, 2.75) is 25.8 Å². The molecule has 0 aromatic heterocycles. The lowest BCUT2D eigenvalue weighted by Crippen LogP contribution is -2.30. The second kappa shape index (κ2) is 10.1. The fourth-order valence-corrected chi connectivity index (χ4v) is 2.16. The van der Waals surface area contributed by atoms with Gasteiger partial charge in [-0.25, -0.2) is 0 Å². The molecule has 3 N–H and O–H groups in total. The molecular formula is C13H21Cl3N2O3. The van der Waals surface area contributed by atoms with E-state index in [2.05, 4.69) is 0 Å². The number of hydroxylamine groups is 1. The van der Waals surface area contributed by atoms with Gasteiger partial charge >= 0.3 is 5.97 Å². The number of rotatable bonds is 7. The molecular weight excluding hydrogens is 339 g/mol. The Labute approximate surface area is 141 Å². The highest BCUT2D eigenvalue weighted by molar-refractivity contribution is 6.35. The van der Waals surface area contributed by atoms with Crippen molar-refractivity contribution in [3.63, 3.8) is 0 Å². The van der Waals surface area contributed by atoms with E-state index < -0.39 is 0 Å². The van der Waals surface area contributed by atoms with Crippen LogP contribution in [0, 0.1) is 0 Å². The first-order chi connectivity index (χ1) is 9.42. The Morgan fingerprint density at radius 2 is 2.00 bits per heavy atom. The minimum absolute atomic E-state index is 0. The van der Waals surface area contributed by atoms with Crippen molar-refractivity contribution in [3.8, 4) is 0 Å². The number of carbonyl (C=O) groups excluding carboxylic acids is 1. The molecule has 0 aliphatic carbocycles. The van der Waals surface area contributed by atoms with Crippen molar-refractivity contribution >= 4 is 47.3 Å². The minimum atomic E-state index is -0.377. The van der Waals surface area contributed by atoms with Gasteiger partial charge in [0.2, 0.25) is 0 Å². The summed E-state index contributed by atoms with van der Waals surface area (Å²) < 4.78 is 4.81. The molecule has 0 spiro atoms. The number of ether oxygens (including phenoxy) is 1. The van der Waals surface area contributed by atoms with Crippen LogP contribution in [-0.2, 0) is 9.53 Å². The van der Waals surface area contributed by atoms with Crippen LogP contribution in [0.25, 0.3) is 0 Å². The Balaban J connectivity index is 0. The molecule has 0 saturated carbocycles. The van der Waals surface area contributed by atoms with Crippen LogP contribution in [0.5, 0.6) is 0 Å². The zero-order chi connectivity index (χ0) is 15.1. The van der Waals surface area contributed by atoms with Crippen LogP contribution in [0.3, 0.4) is 0 Å². The molecule has 0 bridgehead atoms. The van der Waals surface area contributed by atoms with Gasteiger partial charge in [-0.2, -0.15) is 0 Å². The van der Waals surface area contributed by atoms with E-state index in [-0.39, 0.29) is 38.8 Å². The highest BCUT2D eigenvalue weighted by Crippen LogP contribution is 2.24. The van der Waals surface area contributed by atoms with Crippen LogP contribution in [0.1, 0.15) is 21.2 Å². The average Bonchev–Trinajstić information content (AvgIpc) is 2.35. The van der Waals surface area contributed by atoms with E-state index in [0.29, 0.717) is 28.8 Å². The number of halogens is 3. The standard InChI is InChI=1S/C13H18Cl2N2O3.ClH.H2/c1-2-20-13(18)8-11(16)3-4-17(19)12-6-9(14)5-10(15)7-12;;/h5-7,11,19H,2-4,8,16H2,1H3;2*1H. The van der Waals surface area contributed by atoms with E-state index in [1.54, 1.807) is 25.1 Å². The predicted octanol–water partition coefficient (Wildman–Crippen LogP) is 3.53. The summed E-state index contributed by atoms with van der Waals surface area (Å²) in [5, 5.41) is 11.8. The Kier molecular flexibility index (Phi) is 9.74. The molecule has 0 radical (unpaired) electrons. The van der Waals surface area contributed by atoms with Crippen molar-refractivity contribution in [1.82, 2.24) is 0 Å². The molecule has 1 unspecified atom stereocenters. The Hall–Kier alpha value is -0.720. The van der Waals surface area contributed by atoms with Gasteiger partial charge in [0.25, 0.3) is 0 Å². The van der Waals surface area contributed by atoms with E-state index in [1.807, 2.05) is 0 Å². The Morgan fingerprint density at radius 1 is 1.43 bits per heavy atom. The van der Waals surface area contributed by atoms with Crippen molar-refractivity contribution in [2.75, 3.05) is 18.2 Å². The maximum absolute atomic E-state index is 11.2. The molecule has 0 aliphatic rings. The van der Waals surface area contributed by atoms with Gasteiger partial charge in [-0.15, -0.1) is 12.4 Å². The zero-order valence-electron chi connectivity index (χ0n) is 11.6. The van der Waals surface area contributed by atoms with Crippen molar-refractivity contribution in [3.05, 3.63) is 28.2 Å². The van der Waals surface area contributed by atoms with Crippen LogP contribution >= 0.6 is 35.6 Å². The van der Waals surface area contributed by atoms with Crippen LogP contribution < -0.4 is 10.8 Å². The SMILES string of the molecule is CCOC(=O)CC(N)CCN(O)c1cc(Cl)cc(Cl)c1.Cl.[HH]. The number of hydrogen-bond donors (Lipinski definition) is 2. The molecule has 0 aliphatic heterocycles. The van der Waals surface area contributed by atoms with E-state index in [1.165, 1.54) is 0 Å². The van der Waals surface area contributed by atoms with Crippen molar-refractivity contribution < 1.29 is 16.2 Å². The number of hydrogen-bond acceptors (Lipinski definition) is 5. The third kappa shape index (κ3) is 7.74. The van der Waals surface area contributed by atoms with E-state index in [9.17, 15) is 10.0 Å². The molecule has 8 heteroatoms. The van der Waals surface area contributed by atoms with Gasteiger partial charge in [-0.05, 0) is 31.5 Å². The molecule has 0 heterocycles. The fraction of sp³-hybridized carbons (Fsp3) is 0.462. The topological polar surface area (TPSA) is 75.8 Å². The van der Waals surface area contributed by atoms with Gasteiger partial charge in [0.05, 0.1) is 18.7 Å². The lowest BCUT2D eigenvalue weighted by Gasteiger charge is -2.19. The third-order valence-electron chi connectivity index (χ3n) is 2.59. The third-order valence-corrected chi connectivity index (χ3v) is 3.03. The van der Waals surface area contributed by atoms with E-state index in [0.717, 1.165) is 5.06 Å². The molecule has 21 heavy (non-hydrogen) atoms. The fourth-order valence-electron chi connectivity index (χ4n) is 1.64. The van der Waals surface area contributed by atoms with Crippen LogP contribution in [0.2, 0.25) is 10.0 Å². The quantitative estimate of drug-likeness (QED) is 0.575. The lowest BCUT2D eigenvalue weighted by atomic mass is 10.1. The first-order valence-corrected chi connectivity index (χ1v) is 7.01. The predicted molar refractivity (Wildman–Crippen MR) is 88.8 cm³/mol. The molecule has 1 aromatic rings. The first-order valence-electron chi connectivity index (χ1n) is 6.26. The lowest BCUT2D eigenvalue weighted by molar-refractivity contribution is -0.143. The number of nitrogens with zero attached hydrogens (tertiary/aromatic N) is 1. The van der Waals surface area contributed by atoms with Crippen molar-refractivity contribution in [1.29, 1.82) is 0 Å². The second-order valence-corrected chi connectivity index (χ2v) is 5.18.